The van der Waals surface area contributed by atoms with Crippen LogP contribution in [0.2, 0.25) is 0 Å². The Bertz CT molecular complexity index is 257. The van der Waals surface area contributed by atoms with E-state index in [9.17, 15) is 4.79 Å². The lowest BCUT2D eigenvalue weighted by Gasteiger charge is -2.25. The van der Waals surface area contributed by atoms with Crippen LogP contribution in [0.25, 0.3) is 0 Å². The first-order chi connectivity index (χ1) is 7.84. The highest BCUT2D eigenvalue weighted by molar-refractivity contribution is 5.86. The molecule has 1 fully saturated rings. The maximum absolute atomic E-state index is 12.0. The van der Waals surface area contributed by atoms with E-state index in [0.717, 1.165) is 25.2 Å². The Morgan fingerprint density at radius 2 is 1.94 bits per heavy atom. The summed E-state index contributed by atoms with van der Waals surface area (Å²) in [7, 11) is 0. The number of nitrogens with one attached hydrogen (secondary N) is 1. The predicted molar refractivity (Wildman–Crippen MR) is 71.6 cm³/mol. The van der Waals surface area contributed by atoms with Gasteiger partial charge in [0.05, 0.1) is 5.54 Å². The molecule has 2 unspecified atom stereocenters. The van der Waals surface area contributed by atoms with Crippen LogP contribution in [-0.2, 0) is 4.79 Å². The topological polar surface area (TPSA) is 55.1 Å². The van der Waals surface area contributed by atoms with Gasteiger partial charge in [-0.1, -0.05) is 26.7 Å². The molecule has 1 aliphatic rings. The summed E-state index contributed by atoms with van der Waals surface area (Å²) in [6.07, 6.45) is 5.64. The second-order valence-corrected chi connectivity index (χ2v) is 6.26. The lowest BCUT2D eigenvalue weighted by atomic mass is 9.95. The van der Waals surface area contributed by atoms with Crippen molar-refractivity contribution in [2.75, 3.05) is 0 Å². The Balaban J connectivity index is 2.25. The van der Waals surface area contributed by atoms with Gasteiger partial charge in [-0.2, -0.15) is 0 Å². The number of carbonyl (C=O) groups is 1. The van der Waals surface area contributed by atoms with E-state index in [-0.39, 0.29) is 11.9 Å². The van der Waals surface area contributed by atoms with E-state index in [2.05, 4.69) is 26.1 Å². The van der Waals surface area contributed by atoms with Crippen molar-refractivity contribution in [1.82, 2.24) is 5.32 Å². The zero-order chi connectivity index (χ0) is 13.1. The molecule has 0 aliphatic heterocycles. The third-order valence-electron chi connectivity index (χ3n) is 3.71. The van der Waals surface area contributed by atoms with Gasteiger partial charge in [-0.05, 0) is 44.9 Å². The third-order valence-corrected chi connectivity index (χ3v) is 3.71. The smallest absolute Gasteiger partial charge is 0.240 e. The molecule has 0 spiro atoms. The lowest BCUT2D eigenvalue weighted by Crippen LogP contribution is -2.55. The first-order valence-electron chi connectivity index (χ1n) is 6.94. The van der Waals surface area contributed by atoms with Crippen molar-refractivity contribution < 1.29 is 4.79 Å². The van der Waals surface area contributed by atoms with E-state index in [1.807, 2.05) is 6.92 Å². The minimum atomic E-state index is -0.660. The first kappa shape index (κ1) is 14.5. The monoisotopic (exact) mass is 240 g/mol. The Morgan fingerprint density at radius 3 is 2.41 bits per heavy atom. The molecule has 0 bridgehead atoms. The fraction of sp³-hybridized carbons (Fsp3) is 0.929. The Labute approximate surface area is 106 Å². The van der Waals surface area contributed by atoms with Gasteiger partial charge in [0, 0.05) is 6.04 Å². The van der Waals surface area contributed by atoms with Crippen molar-refractivity contribution >= 4 is 5.91 Å². The van der Waals surface area contributed by atoms with E-state index in [1.54, 1.807) is 0 Å². The number of rotatable bonds is 7. The molecule has 17 heavy (non-hydrogen) atoms. The zero-order valence-electron chi connectivity index (χ0n) is 11.8. The van der Waals surface area contributed by atoms with Crippen molar-refractivity contribution in [1.29, 1.82) is 0 Å². The summed E-state index contributed by atoms with van der Waals surface area (Å²) >= 11 is 0. The van der Waals surface area contributed by atoms with Crippen LogP contribution in [0.5, 0.6) is 0 Å². The Hall–Kier alpha value is -0.570. The summed E-state index contributed by atoms with van der Waals surface area (Å²) in [5.41, 5.74) is 5.42. The third kappa shape index (κ3) is 4.66. The fourth-order valence-corrected chi connectivity index (χ4v) is 2.15. The molecule has 3 N–H and O–H groups in total. The number of hydrogen-bond acceptors (Lipinski definition) is 2. The minimum Gasteiger partial charge on any atom is -0.352 e. The quantitative estimate of drug-likeness (QED) is 0.718. The van der Waals surface area contributed by atoms with E-state index in [4.69, 9.17) is 5.73 Å². The van der Waals surface area contributed by atoms with E-state index < -0.39 is 5.54 Å². The molecule has 0 heterocycles. The molecule has 0 aromatic rings. The summed E-state index contributed by atoms with van der Waals surface area (Å²) in [6.45, 7) is 8.39. The van der Waals surface area contributed by atoms with Gasteiger partial charge in [-0.15, -0.1) is 0 Å². The highest BCUT2D eigenvalue weighted by Crippen LogP contribution is 2.38. The fourth-order valence-electron chi connectivity index (χ4n) is 2.15. The molecular formula is C14H28N2O. The predicted octanol–water partition coefficient (Wildman–Crippen LogP) is 2.44. The number of hydrogen-bond donors (Lipinski definition) is 2. The Kier molecular flexibility index (Phi) is 4.99. The molecule has 1 rings (SSSR count). The number of amides is 1. The number of carbonyl (C=O) groups excluding carboxylic acids is 1. The second-order valence-electron chi connectivity index (χ2n) is 6.26. The van der Waals surface area contributed by atoms with Gasteiger partial charge >= 0.3 is 0 Å². The molecule has 100 valence electrons. The molecule has 1 amide bonds. The van der Waals surface area contributed by atoms with Crippen molar-refractivity contribution in [2.24, 2.45) is 17.6 Å². The van der Waals surface area contributed by atoms with Crippen LogP contribution in [0.4, 0.5) is 0 Å². The van der Waals surface area contributed by atoms with Gasteiger partial charge in [0.15, 0.2) is 0 Å². The molecule has 0 radical (unpaired) electrons. The summed E-state index contributed by atoms with van der Waals surface area (Å²) in [5.74, 6) is 1.16. The highest BCUT2D eigenvalue weighted by atomic mass is 16.2. The van der Waals surface area contributed by atoms with Crippen molar-refractivity contribution in [3.05, 3.63) is 0 Å². The average Bonchev–Trinajstić information content (AvgIpc) is 2.99. The Morgan fingerprint density at radius 1 is 1.35 bits per heavy atom. The first-order valence-corrected chi connectivity index (χ1v) is 6.94. The van der Waals surface area contributed by atoms with E-state index in [1.165, 1.54) is 12.8 Å². The lowest BCUT2D eigenvalue weighted by molar-refractivity contribution is -0.127. The van der Waals surface area contributed by atoms with Gasteiger partial charge in [0.2, 0.25) is 5.91 Å². The molecule has 1 aliphatic carbocycles. The van der Waals surface area contributed by atoms with Gasteiger partial charge in [0.1, 0.15) is 0 Å². The average molecular weight is 240 g/mol. The maximum Gasteiger partial charge on any atom is 0.240 e. The minimum absolute atomic E-state index is 0.0250. The summed E-state index contributed by atoms with van der Waals surface area (Å²) in [6, 6.07) is 0.239. The summed E-state index contributed by atoms with van der Waals surface area (Å²) in [5, 5.41) is 3.05. The molecular weight excluding hydrogens is 212 g/mol. The van der Waals surface area contributed by atoms with Crippen LogP contribution in [0, 0.1) is 11.8 Å². The van der Waals surface area contributed by atoms with Gasteiger partial charge in [-0.25, -0.2) is 0 Å². The largest absolute Gasteiger partial charge is 0.352 e. The molecule has 0 aromatic carbocycles. The van der Waals surface area contributed by atoms with Crippen LogP contribution in [0.1, 0.15) is 59.8 Å². The molecule has 0 saturated heterocycles. The van der Waals surface area contributed by atoms with Crippen LogP contribution >= 0.6 is 0 Å². The normalized spacial score (nSPS) is 21.1. The zero-order valence-corrected chi connectivity index (χ0v) is 11.8. The SMILES string of the molecule is CC(C)CCCC(C)NC(=O)C(C)(N)C1CC1. The molecule has 1 saturated carbocycles. The van der Waals surface area contributed by atoms with E-state index in [0.29, 0.717) is 5.92 Å². The summed E-state index contributed by atoms with van der Waals surface area (Å²) < 4.78 is 0. The van der Waals surface area contributed by atoms with Gasteiger partial charge < -0.3 is 11.1 Å². The second kappa shape index (κ2) is 5.85. The molecule has 3 nitrogen and oxygen atoms in total. The molecule has 2 atom stereocenters. The molecule has 3 heteroatoms. The number of nitrogens with two attached hydrogens (primary N) is 1. The standard InChI is InChI=1S/C14H28N2O/c1-10(2)6-5-7-11(3)16-13(17)14(4,15)12-8-9-12/h10-12H,5-9,15H2,1-4H3,(H,16,17). The summed E-state index contributed by atoms with van der Waals surface area (Å²) in [4.78, 5) is 12.0. The van der Waals surface area contributed by atoms with Crippen LogP contribution in [0.3, 0.4) is 0 Å². The van der Waals surface area contributed by atoms with Crippen molar-refractivity contribution in [3.63, 3.8) is 0 Å². The van der Waals surface area contributed by atoms with Crippen molar-refractivity contribution in [2.45, 2.75) is 71.4 Å². The van der Waals surface area contributed by atoms with Crippen LogP contribution in [-0.4, -0.2) is 17.5 Å². The van der Waals surface area contributed by atoms with Crippen LogP contribution < -0.4 is 11.1 Å². The van der Waals surface area contributed by atoms with Crippen molar-refractivity contribution in [3.8, 4) is 0 Å². The molecule has 0 aromatic heterocycles. The van der Waals surface area contributed by atoms with Gasteiger partial charge in [-0.3, -0.25) is 4.79 Å². The van der Waals surface area contributed by atoms with Gasteiger partial charge in [0.25, 0.3) is 0 Å². The van der Waals surface area contributed by atoms with Crippen LogP contribution in [0.15, 0.2) is 0 Å². The highest BCUT2D eigenvalue weighted by Gasteiger charge is 2.44. The maximum atomic E-state index is 12.0. The van der Waals surface area contributed by atoms with E-state index >= 15 is 0 Å².